The molecule has 28 heavy (non-hydrogen) atoms. The normalized spacial score (nSPS) is 10.6. The van der Waals surface area contributed by atoms with Gasteiger partial charge in [0.25, 0.3) is 5.91 Å². The summed E-state index contributed by atoms with van der Waals surface area (Å²) in [7, 11) is 0. The van der Waals surface area contributed by atoms with E-state index < -0.39 is 18.5 Å². The Morgan fingerprint density at radius 2 is 1.82 bits per heavy atom. The molecule has 7 heteroatoms. The lowest BCUT2D eigenvalue weighted by Crippen LogP contribution is -2.21. The summed E-state index contributed by atoms with van der Waals surface area (Å²) in [5.74, 6) is -1.34. The highest BCUT2D eigenvalue weighted by molar-refractivity contribution is 6.34. The molecule has 1 aromatic heterocycles. The lowest BCUT2D eigenvalue weighted by Gasteiger charge is -2.11. The number of rotatable bonds is 5. The van der Waals surface area contributed by atoms with Crippen LogP contribution in [0.25, 0.3) is 11.3 Å². The molecule has 0 saturated carbocycles. The van der Waals surface area contributed by atoms with Gasteiger partial charge in [0, 0.05) is 5.56 Å². The number of ether oxygens (including phenoxy) is 1. The molecule has 0 saturated heterocycles. The summed E-state index contributed by atoms with van der Waals surface area (Å²) < 4.78 is 23.4. The van der Waals surface area contributed by atoms with Crippen LogP contribution in [0.4, 0.5) is 10.1 Å². The average Bonchev–Trinajstić information content (AvgIpc) is 3.13. The minimum absolute atomic E-state index is 0.0586. The molecule has 0 aliphatic rings. The Balaban J connectivity index is 1.60. The van der Waals surface area contributed by atoms with Crippen LogP contribution in [0.15, 0.2) is 52.9 Å². The summed E-state index contributed by atoms with van der Waals surface area (Å²) in [6, 6.07) is 12.3. The van der Waals surface area contributed by atoms with E-state index in [-0.39, 0.29) is 11.6 Å². The fourth-order valence-electron chi connectivity index (χ4n) is 2.67. The zero-order valence-corrected chi connectivity index (χ0v) is 16.0. The van der Waals surface area contributed by atoms with Gasteiger partial charge < -0.3 is 14.5 Å². The molecule has 0 bridgehead atoms. The number of furan rings is 1. The highest BCUT2D eigenvalue weighted by atomic mass is 35.5. The van der Waals surface area contributed by atoms with Gasteiger partial charge in [0.2, 0.25) is 5.76 Å². The number of carbonyl (C=O) groups is 2. The molecule has 3 aromatic rings. The number of esters is 1. The van der Waals surface area contributed by atoms with Crippen molar-refractivity contribution in [3.63, 3.8) is 0 Å². The van der Waals surface area contributed by atoms with Crippen LogP contribution in [0.2, 0.25) is 5.02 Å². The molecule has 2 aromatic carbocycles. The molecular weight excluding hydrogens is 385 g/mol. The fraction of sp³-hybridized carbons (Fsp3) is 0.143. The smallest absolute Gasteiger partial charge is 0.374 e. The van der Waals surface area contributed by atoms with Crippen LogP contribution in [0.1, 0.15) is 21.7 Å². The summed E-state index contributed by atoms with van der Waals surface area (Å²) in [4.78, 5) is 24.2. The van der Waals surface area contributed by atoms with E-state index in [1.54, 1.807) is 12.1 Å². The SMILES string of the molecule is Cc1cc(C)c(NC(=O)COC(=O)c2ccc(-c3ccc(F)cc3)o2)c(Cl)c1. The number of hydrogen-bond donors (Lipinski definition) is 1. The zero-order valence-electron chi connectivity index (χ0n) is 15.2. The molecule has 5 nitrogen and oxygen atoms in total. The van der Waals surface area contributed by atoms with Crippen molar-refractivity contribution in [1.29, 1.82) is 0 Å². The molecule has 1 amide bonds. The van der Waals surface area contributed by atoms with Crippen LogP contribution in [-0.4, -0.2) is 18.5 Å². The van der Waals surface area contributed by atoms with E-state index >= 15 is 0 Å². The number of halogens is 2. The number of anilines is 1. The van der Waals surface area contributed by atoms with Gasteiger partial charge in [-0.3, -0.25) is 4.79 Å². The third kappa shape index (κ3) is 4.58. The van der Waals surface area contributed by atoms with Crippen molar-refractivity contribution in [3.05, 3.63) is 76.3 Å². The maximum atomic E-state index is 13.0. The summed E-state index contributed by atoms with van der Waals surface area (Å²) in [5, 5.41) is 3.04. The summed E-state index contributed by atoms with van der Waals surface area (Å²) in [6.45, 7) is 3.23. The second-order valence-electron chi connectivity index (χ2n) is 6.23. The second kappa shape index (κ2) is 8.27. The van der Waals surface area contributed by atoms with Crippen LogP contribution in [0, 0.1) is 19.7 Å². The minimum Gasteiger partial charge on any atom is -0.450 e. The lowest BCUT2D eigenvalue weighted by molar-refractivity contribution is -0.119. The Hall–Kier alpha value is -3.12. The molecule has 1 heterocycles. The first-order chi connectivity index (χ1) is 13.3. The fourth-order valence-corrected chi connectivity index (χ4v) is 3.04. The van der Waals surface area contributed by atoms with Gasteiger partial charge in [-0.1, -0.05) is 17.7 Å². The molecule has 0 atom stereocenters. The van der Waals surface area contributed by atoms with E-state index in [1.165, 1.54) is 30.3 Å². The Kier molecular flexibility index (Phi) is 5.80. The average molecular weight is 402 g/mol. The first kappa shape index (κ1) is 19.6. The number of carbonyl (C=O) groups excluding carboxylic acids is 2. The lowest BCUT2D eigenvalue weighted by atomic mass is 10.1. The van der Waals surface area contributed by atoms with Crippen molar-refractivity contribution in [1.82, 2.24) is 0 Å². The summed E-state index contributed by atoms with van der Waals surface area (Å²) >= 11 is 6.15. The molecule has 0 spiro atoms. The largest absolute Gasteiger partial charge is 0.450 e. The number of nitrogens with one attached hydrogen (secondary N) is 1. The molecule has 0 fully saturated rings. The monoisotopic (exact) mass is 401 g/mol. The number of benzene rings is 2. The second-order valence-corrected chi connectivity index (χ2v) is 6.64. The van der Waals surface area contributed by atoms with Crippen molar-refractivity contribution in [2.75, 3.05) is 11.9 Å². The highest BCUT2D eigenvalue weighted by Crippen LogP contribution is 2.27. The highest BCUT2D eigenvalue weighted by Gasteiger charge is 2.16. The van der Waals surface area contributed by atoms with Crippen LogP contribution >= 0.6 is 11.6 Å². The van der Waals surface area contributed by atoms with E-state index in [2.05, 4.69) is 5.32 Å². The van der Waals surface area contributed by atoms with Gasteiger partial charge >= 0.3 is 5.97 Å². The maximum Gasteiger partial charge on any atom is 0.374 e. The molecule has 0 unspecified atom stereocenters. The van der Waals surface area contributed by atoms with E-state index in [0.29, 0.717) is 22.0 Å². The predicted octanol–water partition coefficient (Wildman–Crippen LogP) is 5.15. The number of aryl methyl sites for hydroxylation is 2. The Morgan fingerprint density at radius 1 is 1.11 bits per heavy atom. The van der Waals surface area contributed by atoms with Crippen molar-refractivity contribution in [2.24, 2.45) is 0 Å². The third-order valence-electron chi connectivity index (χ3n) is 3.97. The molecule has 0 aliphatic heterocycles. The molecule has 1 N–H and O–H groups in total. The zero-order chi connectivity index (χ0) is 20.3. The summed E-state index contributed by atoms with van der Waals surface area (Å²) in [5.41, 5.74) is 2.87. The van der Waals surface area contributed by atoms with Gasteiger partial charge in [0.05, 0.1) is 10.7 Å². The van der Waals surface area contributed by atoms with Crippen LogP contribution in [-0.2, 0) is 9.53 Å². The molecule has 0 radical (unpaired) electrons. The van der Waals surface area contributed by atoms with Gasteiger partial charge in [0.15, 0.2) is 6.61 Å². The van der Waals surface area contributed by atoms with Gasteiger partial charge in [-0.2, -0.15) is 0 Å². The van der Waals surface area contributed by atoms with Crippen molar-refractivity contribution in [3.8, 4) is 11.3 Å². The molecule has 144 valence electrons. The van der Waals surface area contributed by atoms with E-state index in [4.69, 9.17) is 20.8 Å². The topological polar surface area (TPSA) is 68.5 Å². The predicted molar refractivity (Wildman–Crippen MR) is 104 cm³/mol. The summed E-state index contributed by atoms with van der Waals surface area (Å²) in [6.07, 6.45) is 0. The Bertz CT molecular complexity index is 1000. The standard InChI is InChI=1S/C21H17ClFNO4/c1-12-9-13(2)20(16(22)10-12)24-19(25)11-27-21(26)18-8-7-17(28-18)14-3-5-15(23)6-4-14/h3-10H,11H2,1-2H3,(H,24,25). The van der Waals surface area contributed by atoms with Gasteiger partial charge in [0.1, 0.15) is 11.6 Å². The number of amides is 1. The first-order valence-corrected chi connectivity index (χ1v) is 8.81. The van der Waals surface area contributed by atoms with Crippen molar-refractivity contribution >= 4 is 29.2 Å². The van der Waals surface area contributed by atoms with Crippen molar-refractivity contribution < 1.29 is 23.1 Å². The van der Waals surface area contributed by atoms with Crippen molar-refractivity contribution in [2.45, 2.75) is 13.8 Å². The molecular formula is C21H17ClFNO4. The molecule has 0 aliphatic carbocycles. The first-order valence-electron chi connectivity index (χ1n) is 8.43. The van der Waals surface area contributed by atoms with E-state index in [9.17, 15) is 14.0 Å². The third-order valence-corrected chi connectivity index (χ3v) is 4.26. The Morgan fingerprint density at radius 3 is 2.50 bits per heavy atom. The van der Waals surface area contributed by atoms with E-state index in [1.807, 2.05) is 19.9 Å². The van der Waals surface area contributed by atoms with Crippen LogP contribution in [0.5, 0.6) is 0 Å². The van der Waals surface area contributed by atoms with Gasteiger partial charge in [-0.05, 0) is 67.4 Å². The quantitative estimate of drug-likeness (QED) is 0.600. The van der Waals surface area contributed by atoms with Gasteiger partial charge in [-0.15, -0.1) is 0 Å². The van der Waals surface area contributed by atoms with Crippen LogP contribution in [0.3, 0.4) is 0 Å². The number of hydrogen-bond acceptors (Lipinski definition) is 4. The van der Waals surface area contributed by atoms with E-state index in [0.717, 1.165) is 11.1 Å². The van der Waals surface area contributed by atoms with Crippen LogP contribution < -0.4 is 5.32 Å². The molecule has 3 rings (SSSR count). The minimum atomic E-state index is -0.782. The maximum absolute atomic E-state index is 13.0. The Labute approximate surface area is 166 Å². The van der Waals surface area contributed by atoms with Gasteiger partial charge in [-0.25, -0.2) is 9.18 Å².